The molecule has 3 aromatic carbocycles. The van der Waals surface area contributed by atoms with E-state index >= 15 is 0 Å². The summed E-state index contributed by atoms with van der Waals surface area (Å²) in [5.41, 5.74) is 20.7. The van der Waals surface area contributed by atoms with E-state index in [-0.39, 0.29) is 49.8 Å². The van der Waals surface area contributed by atoms with Crippen molar-refractivity contribution < 1.29 is 19.2 Å². The minimum absolute atomic E-state index is 0.0301. The van der Waals surface area contributed by atoms with E-state index < -0.39 is 18.0 Å². The summed E-state index contributed by atoms with van der Waals surface area (Å²) in [4.78, 5) is 58.3. The first-order valence-electron chi connectivity index (χ1n) is 14.6. The van der Waals surface area contributed by atoms with Gasteiger partial charge in [-0.3, -0.25) is 24.2 Å². The average Bonchev–Trinajstić information content (AvgIpc) is 3.04. The van der Waals surface area contributed by atoms with Crippen molar-refractivity contribution in [2.24, 2.45) is 17.2 Å². The normalized spacial score (nSPS) is 12.3. The minimum Gasteiger partial charge on any atom is -0.345 e. The molecule has 1 heterocycles. The highest BCUT2D eigenvalue weighted by Crippen LogP contribution is 2.16. The third-order valence-corrected chi connectivity index (χ3v) is 7.30. The van der Waals surface area contributed by atoms with Crippen molar-refractivity contribution in [2.75, 3.05) is 26.2 Å². The molecule has 0 spiro atoms. The van der Waals surface area contributed by atoms with Crippen molar-refractivity contribution >= 4 is 34.3 Å². The van der Waals surface area contributed by atoms with Crippen molar-refractivity contribution in [1.29, 1.82) is 0 Å². The van der Waals surface area contributed by atoms with E-state index in [9.17, 15) is 19.2 Å². The van der Waals surface area contributed by atoms with Gasteiger partial charge in [-0.15, -0.1) is 0 Å². The number of rotatable bonds is 15. The fourth-order valence-electron chi connectivity index (χ4n) is 4.93. The van der Waals surface area contributed by atoms with Gasteiger partial charge >= 0.3 is 0 Å². The van der Waals surface area contributed by atoms with Gasteiger partial charge < -0.3 is 27.4 Å². The lowest BCUT2D eigenvalue weighted by atomic mass is 9.95. The second-order valence-electron chi connectivity index (χ2n) is 10.6. The van der Waals surface area contributed by atoms with Crippen LogP contribution in [0.15, 0.2) is 91.1 Å². The number of amides is 2. The second-order valence-corrected chi connectivity index (χ2v) is 10.6. The van der Waals surface area contributed by atoms with Gasteiger partial charge in [0.05, 0.1) is 24.0 Å². The summed E-state index contributed by atoms with van der Waals surface area (Å²) >= 11 is 0. The predicted molar refractivity (Wildman–Crippen MR) is 170 cm³/mol. The lowest BCUT2D eigenvalue weighted by Gasteiger charge is -2.24. The van der Waals surface area contributed by atoms with E-state index in [0.717, 1.165) is 16.5 Å². The van der Waals surface area contributed by atoms with Gasteiger partial charge in [-0.1, -0.05) is 72.8 Å². The molecule has 0 saturated carbocycles. The number of nitrogens with two attached hydrogens (primary N) is 3. The summed E-state index contributed by atoms with van der Waals surface area (Å²) in [5, 5.41) is 3.67. The lowest BCUT2D eigenvalue weighted by molar-refractivity contribution is -0.134. The maximum absolute atomic E-state index is 13.6. The largest absolute Gasteiger partial charge is 0.345 e. The summed E-state index contributed by atoms with van der Waals surface area (Å²) in [6.07, 6.45) is 1.59. The number of fused-ring (bicyclic) bond motifs is 1. The first kappa shape index (κ1) is 32.2. The highest BCUT2D eigenvalue weighted by atomic mass is 16.2. The molecule has 0 bridgehead atoms. The Morgan fingerprint density at radius 3 is 2.11 bits per heavy atom. The van der Waals surface area contributed by atoms with E-state index in [2.05, 4.69) is 10.3 Å². The fourth-order valence-corrected chi connectivity index (χ4v) is 4.93. The van der Waals surface area contributed by atoms with Crippen LogP contribution in [-0.2, 0) is 27.2 Å². The first-order chi connectivity index (χ1) is 21.3. The van der Waals surface area contributed by atoms with Crippen molar-refractivity contribution in [3.63, 3.8) is 0 Å². The monoisotopic (exact) mass is 594 g/mol. The molecule has 4 aromatic rings. The zero-order chi connectivity index (χ0) is 31.5. The highest BCUT2D eigenvalue weighted by Gasteiger charge is 2.27. The Hall–Kier alpha value is -4.77. The van der Waals surface area contributed by atoms with E-state index in [0.29, 0.717) is 29.8 Å². The topological polar surface area (TPSA) is 174 Å². The zero-order valence-electron chi connectivity index (χ0n) is 24.5. The van der Waals surface area contributed by atoms with Gasteiger partial charge in [-0.05, 0) is 29.7 Å². The number of nitrogens with one attached hydrogen (secondary N) is 1. The summed E-state index contributed by atoms with van der Waals surface area (Å²) in [6.45, 7) is 1.11. The Kier molecular flexibility index (Phi) is 11.4. The number of nitrogens with zero attached hydrogens (tertiary/aromatic N) is 2. The number of ketones is 2. The number of aromatic nitrogens is 1. The molecule has 10 heteroatoms. The molecular formula is C34H38N6O4. The molecule has 0 aliphatic rings. The molecule has 0 saturated heterocycles. The van der Waals surface area contributed by atoms with E-state index in [4.69, 9.17) is 17.2 Å². The van der Waals surface area contributed by atoms with Crippen molar-refractivity contribution in [2.45, 2.75) is 31.3 Å². The number of carbonyl (C=O) groups excluding carboxylic acids is 4. The molecule has 0 unspecified atom stereocenters. The Labute approximate surface area is 256 Å². The van der Waals surface area contributed by atoms with Gasteiger partial charge in [-0.2, -0.15) is 0 Å². The number of Topliss-reactive ketones (excluding diaryl/α,β-unsaturated/α-hetero) is 1. The van der Waals surface area contributed by atoms with Crippen LogP contribution in [0.3, 0.4) is 0 Å². The van der Waals surface area contributed by atoms with Crippen molar-refractivity contribution in [3.05, 3.63) is 113 Å². The molecule has 10 nitrogen and oxygen atoms in total. The molecule has 2 atom stereocenters. The first-order valence-corrected chi connectivity index (χ1v) is 14.6. The molecule has 1 aromatic heterocycles. The number of hydrogen-bond donors (Lipinski definition) is 4. The number of pyridine rings is 1. The van der Waals surface area contributed by atoms with Crippen LogP contribution in [0.4, 0.5) is 0 Å². The molecule has 2 amide bonds. The summed E-state index contributed by atoms with van der Waals surface area (Å²) in [6, 6.07) is 23.3. The van der Waals surface area contributed by atoms with Gasteiger partial charge in [0.25, 0.3) is 0 Å². The van der Waals surface area contributed by atoms with Crippen LogP contribution in [0.1, 0.15) is 33.5 Å². The third kappa shape index (κ3) is 8.63. The number of carbonyl (C=O) groups is 4. The molecule has 0 radical (unpaired) electrons. The summed E-state index contributed by atoms with van der Waals surface area (Å²) in [5.74, 6) is -1.32. The van der Waals surface area contributed by atoms with Crippen LogP contribution in [-0.4, -0.2) is 71.5 Å². The number of para-hydroxylation sites is 1. The lowest BCUT2D eigenvalue weighted by Crippen LogP contribution is -2.51. The summed E-state index contributed by atoms with van der Waals surface area (Å²) < 4.78 is 0. The summed E-state index contributed by atoms with van der Waals surface area (Å²) in [7, 11) is 0. The van der Waals surface area contributed by atoms with Crippen molar-refractivity contribution in [1.82, 2.24) is 15.2 Å². The number of hydrogen-bond acceptors (Lipinski definition) is 8. The van der Waals surface area contributed by atoms with Crippen LogP contribution in [0, 0.1) is 0 Å². The molecule has 0 fully saturated rings. The molecule has 0 aliphatic heterocycles. The Bertz CT molecular complexity index is 1590. The highest BCUT2D eigenvalue weighted by molar-refractivity contribution is 6.09. The maximum atomic E-state index is 13.6. The van der Waals surface area contributed by atoms with Gasteiger partial charge in [0, 0.05) is 55.3 Å². The SMILES string of the molecule is NCCN(CCN)C(=O)C[C@H](N)C(=O)N[C@@H](Cc1ccc(C(=O)c2ccccc2)cc1)C(=O)Cc1cnc2ccccc2c1. The van der Waals surface area contributed by atoms with Gasteiger partial charge in [0.1, 0.15) is 0 Å². The molecule has 0 aliphatic carbocycles. The fraction of sp³-hybridized carbons (Fsp3) is 0.265. The molecule has 44 heavy (non-hydrogen) atoms. The zero-order valence-corrected chi connectivity index (χ0v) is 24.5. The van der Waals surface area contributed by atoms with Gasteiger partial charge in [-0.25, -0.2) is 0 Å². The third-order valence-electron chi connectivity index (χ3n) is 7.30. The Morgan fingerprint density at radius 1 is 0.795 bits per heavy atom. The van der Waals surface area contributed by atoms with Crippen LogP contribution < -0.4 is 22.5 Å². The molecular weight excluding hydrogens is 556 g/mol. The average molecular weight is 595 g/mol. The van der Waals surface area contributed by atoms with Gasteiger partial charge in [0.2, 0.25) is 11.8 Å². The molecule has 228 valence electrons. The Balaban J connectivity index is 1.51. The van der Waals surface area contributed by atoms with E-state index in [1.807, 2.05) is 36.4 Å². The predicted octanol–water partition coefficient (Wildman–Crippen LogP) is 1.77. The van der Waals surface area contributed by atoms with Crippen LogP contribution >= 0.6 is 0 Å². The Morgan fingerprint density at radius 2 is 1.43 bits per heavy atom. The number of benzene rings is 3. The van der Waals surface area contributed by atoms with E-state index in [1.54, 1.807) is 54.7 Å². The van der Waals surface area contributed by atoms with Crippen LogP contribution in [0.5, 0.6) is 0 Å². The quantitative estimate of drug-likeness (QED) is 0.151. The standard InChI is InChI=1S/C34H38N6O4/c35-14-16-40(17-15-36)32(42)21-28(37)34(44)39-30(31(41)20-24-18-27-8-4-5-9-29(27)38-22-24)19-23-10-12-26(13-11-23)33(43)25-6-2-1-3-7-25/h1-13,18,22,28,30H,14-17,19-21,35-37H2,(H,39,44)/t28-,30-/m0/s1. The second kappa shape index (κ2) is 15.6. The maximum Gasteiger partial charge on any atom is 0.238 e. The smallest absolute Gasteiger partial charge is 0.238 e. The van der Waals surface area contributed by atoms with E-state index in [1.165, 1.54) is 4.90 Å². The van der Waals surface area contributed by atoms with Crippen molar-refractivity contribution in [3.8, 4) is 0 Å². The molecule has 7 N–H and O–H groups in total. The van der Waals surface area contributed by atoms with Crippen LogP contribution in [0.2, 0.25) is 0 Å². The van der Waals surface area contributed by atoms with Gasteiger partial charge in [0.15, 0.2) is 11.6 Å². The minimum atomic E-state index is -1.18. The van der Waals surface area contributed by atoms with Crippen LogP contribution in [0.25, 0.3) is 10.9 Å². The molecule has 4 rings (SSSR count).